The summed E-state index contributed by atoms with van der Waals surface area (Å²) in [6, 6.07) is 7.39. The Kier molecular flexibility index (Phi) is 3.56. The van der Waals surface area contributed by atoms with E-state index in [-0.39, 0.29) is 6.10 Å². The van der Waals surface area contributed by atoms with Gasteiger partial charge in [0.25, 0.3) is 5.89 Å². The number of aromatic nitrogens is 6. The minimum Gasteiger partial charge on any atom is -0.438 e. The fourth-order valence-corrected chi connectivity index (χ4v) is 2.86. The molecule has 0 aliphatic carbocycles. The first-order chi connectivity index (χ1) is 12.9. The Morgan fingerprint density at radius 1 is 1.15 bits per heavy atom. The number of fused-ring (bicyclic) bond motifs is 1. The van der Waals surface area contributed by atoms with Crippen molar-refractivity contribution in [2.45, 2.75) is 18.9 Å². The fourth-order valence-electron chi connectivity index (χ4n) is 2.86. The molecule has 1 N–H and O–H groups in total. The quantitative estimate of drug-likeness (QED) is 0.597. The summed E-state index contributed by atoms with van der Waals surface area (Å²) in [5.74, 6) is 2.14. The molecular weight excluding hydrogens is 336 g/mol. The van der Waals surface area contributed by atoms with Crippen molar-refractivity contribution in [3.63, 3.8) is 0 Å². The lowest BCUT2D eigenvalue weighted by Gasteiger charge is -2.05. The van der Waals surface area contributed by atoms with Gasteiger partial charge in [0.15, 0.2) is 5.65 Å². The highest BCUT2D eigenvalue weighted by Gasteiger charge is 2.24. The third-order valence-corrected chi connectivity index (χ3v) is 4.19. The van der Waals surface area contributed by atoms with E-state index < -0.39 is 0 Å². The molecule has 3 aromatic heterocycles. The Labute approximate surface area is 147 Å². The number of rotatable bonds is 4. The van der Waals surface area contributed by atoms with E-state index >= 15 is 0 Å². The molecule has 4 heterocycles. The van der Waals surface area contributed by atoms with E-state index in [2.05, 4.69) is 30.3 Å². The fraction of sp³-hybridized carbons (Fsp3) is 0.235. The average Bonchev–Trinajstić information content (AvgIpc) is 3.42. The number of ether oxygens (including phenoxy) is 2. The molecule has 0 bridgehead atoms. The third kappa shape index (κ3) is 2.68. The van der Waals surface area contributed by atoms with Gasteiger partial charge in [-0.25, -0.2) is 9.97 Å². The zero-order valence-corrected chi connectivity index (χ0v) is 13.6. The monoisotopic (exact) mass is 350 g/mol. The molecule has 1 unspecified atom stereocenters. The summed E-state index contributed by atoms with van der Waals surface area (Å²) in [5, 5.41) is 11.5. The summed E-state index contributed by atoms with van der Waals surface area (Å²) in [5.41, 5.74) is 1.46. The molecule has 0 amide bonds. The predicted molar refractivity (Wildman–Crippen MR) is 89.4 cm³/mol. The molecule has 1 saturated heterocycles. The van der Waals surface area contributed by atoms with Crippen LogP contribution in [0.5, 0.6) is 11.6 Å². The highest BCUT2D eigenvalue weighted by Crippen LogP contribution is 2.30. The first-order valence-electron chi connectivity index (χ1n) is 8.24. The molecule has 1 aliphatic heterocycles. The smallest absolute Gasteiger partial charge is 0.256 e. The van der Waals surface area contributed by atoms with Crippen LogP contribution >= 0.6 is 0 Å². The molecule has 130 valence electrons. The van der Waals surface area contributed by atoms with Crippen molar-refractivity contribution in [2.24, 2.45) is 0 Å². The van der Waals surface area contributed by atoms with Crippen LogP contribution in [0.25, 0.3) is 22.4 Å². The van der Waals surface area contributed by atoms with Crippen molar-refractivity contribution in [1.29, 1.82) is 0 Å². The number of H-pyrrole nitrogens is 1. The lowest BCUT2D eigenvalue weighted by molar-refractivity contribution is 0.0835. The van der Waals surface area contributed by atoms with Crippen LogP contribution in [0.15, 0.2) is 41.3 Å². The van der Waals surface area contributed by atoms with Crippen molar-refractivity contribution < 1.29 is 14.0 Å². The molecular formula is C17H14N6O3. The van der Waals surface area contributed by atoms with Crippen LogP contribution in [0.1, 0.15) is 24.8 Å². The maximum absolute atomic E-state index is 5.83. The Bertz CT molecular complexity index is 1040. The minimum atomic E-state index is -0.0889. The number of hydrogen-bond donors (Lipinski definition) is 1. The van der Waals surface area contributed by atoms with Crippen molar-refractivity contribution in [2.75, 3.05) is 6.61 Å². The minimum absolute atomic E-state index is 0.0889. The lowest BCUT2D eigenvalue weighted by atomic mass is 10.2. The van der Waals surface area contributed by atoms with E-state index in [4.69, 9.17) is 14.0 Å². The molecule has 0 radical (unpaired) electrons. The van der Waals surface area contributed by atoms with Crippen molar-refractivity contribution in [1.82, 2.24) is 30.3 Å². The second-order valence-electron chi connectivity index (χ2n) is 5.90. The van der Waals surface area contributed by atoms with E-state index in [0.29, 0.717) is 29.0 Å². The summed E-state index contributed by atoms with van der Waals surface area (Å²) < 4.78 is 16.7. The Morgan fingerprint density at radius 3 is 2.92 bits per heavy atom. The Morgan fingerprint density at radius 2 is 2.08 bits per heavy atom. The number of nitrogens with zero attached hydrogens (tertiary/aromatic N) is 5. The molecule has 26 heavy (non-hydrogen) atoms. The summed E-state index contributed by atoms with van der Waals surface area (Å²) in [6.07, 6.45) is 4.90. The maximum Gasteiger partial charge on any atom is 0.256 e. The first kappa shape index (κ1) is 15.0. The van der Waals surface area contributed by atoms with Gasteiger partial charge in [-0.1, -0.05) is 5.16 Å². The number of nitrogens with one attached hydrogen (secondary N) is 1. The van der Waals surface area contributed by atoms with Gasteiger partial charge in [0.1, 0.15) is 23.6 Å². The van der Waals surface area contributed by atoms with Crippen LogP contribution in [0.3, 0.4) is 0 Å². The van der Waals surface area contributed by atoms with E-state index in [9.17, 15) is 0 Å². The van der Waals surface area contributed by atoms with E-state index in [1.54, 1.807) is 6.20 Å². The van der Waals surface area contributed by atoms with Crippen LogP contribution in [0.2, 0.25) is 0 Å². The number of benzene rings is 1. The van der Waals surface area contributed by atoms with Gasteiger partial charge < -0.3 is 14.0 Å². The van der Waals surface area contributed by atoms with Crippen molar-refractivity contribution in [3.8, 4) is 23.0 Å². The van der Waals surface area contributed by atoms with Crippen molar-refractivity contribution >= 4 is 11.0 Å². The van der Waals surface area contributed by atoms with Gasteiger partial charge in [0.2, 0.25) is 11.7 Å². The van der Waals surface area contributed by atoms with Gasteiger partial charge in [0, 0.05) is 12.2 Å². The second-order valence-corrected chi connectivity index (χ2v) is 5.90. The molecule has 1 fully saturated rings. The van der Waals surface area contributed by atoms with E-state index in [0.717, 1.165) is 30.4 Å². The molecule has 9 heteroatoms. The lowest BCUT2D eigenvalue weighted by Crippen LogP contribution is -1.95. The molecule has 0 saturated carbocycles. The number of aromatic amines is 1. The molecule has 9 nitrogen and oxygen atoms in total. The van der Waals surface area contributed by atoms with E-state index in [1.807, 2.05) is 24.3 Å². The Hall–Kier alpha value is -3.33. The molecule has 5 rings (SSSR count). The van der Waals surface area contributed by atoms with Crippen LogP contribution in [0, 0.1) is 0 Å². The van der Waals surface area contributed by atoms with Crippen LogP contribution < -0.4 is 4.74 Å². The highest BCUT2D eigenvalue weighted by molar-refractivity contribution is 5.79. The number of hydrogen-bond acceptors (Lipinski definition) is 8. The zero-order valence-electron chi connectivity index (χ0n) is 13.6. The summed E-state index contributed by atoms with van der Waals surface area (Å²) >= 11 is 0. The van der Waals surface area contributed by atoms with Crippen LogP contribution in [-0.2, 0) is 4.74 Å². The zero-order chi connectivity index (χ0) is 17.3. The van der Waals surface area contributed by atoms with Gasteiger partial charge in [-0.15, -0.1) is 0 Å². The Balaban J connectivity index is 1.36. The van der Waals surface area contributed by atoms with Crippen LogP contribution in [-0.4, -0.2) is 36.9 Å². The largest absolute Gasteiger partial charge is 0.438 e. The van der Waals surface area contributed by atoms with Crippen molar-refractivity contribution in [3.05, 3.63) is 42.7 Å². The molecule has 4 aromatic rings. The maximum atomic E-state index is 5.83. The summed E-state index contributed by atoms with van der Waals surface area (Å²) in [4.78, 5) is 12.7. The third-order valence-electron chi connectivity index (χ3n) is 4.19. The van der Waals surface area contributed by atoms with Gasteiger partial charge >= 0.3 is 0 Å². The summed E-state index contributed by atoms with van der Waals surface area (Å²) in [7, 11) is 0. The van der Waals surface area contributed by atoms with Gasteiger partial charge in [-0.05, 0) is 37.1 Å². The molecule has 0 spiro atoms. The van der Waals surface area contributed by atoms with Gasteiger partial charge in [0.05, 0.1) is 6.20 Å². The van der Waals surface area contributed by atoms with Gasteiger partial charge in [-0.2, -0.15) is 10.1 Å². The standard InChI is InChI=1S/C17H14N6O3/c1-2-13(24-7-1)17-21-14(23-26-17)10-3-5-11(6-4-10)25-16-12-8-20-22-15(12)18-9-19-16/h3-6,8-9,13H,1-2,7H2,(H,18,19,20,22). The second kappa shape index (κ2) is 6.19. The summed E-state index contributed by atoms with van der Waals surface area (Å²) in [6.45, 7) is 0.737. The van der Waals surface area contributed by atoms with Crippen LogP contribution in [0.4, 0.5) is 0 Å². The SMILES string of the molecule is c1nc(Oc2ccc(-c3noc(C4CCCO4)n3)cc2)c2cn[nH]c2n1. The molecule has 1 aliphatic rings. The van der Waals surface area contributed by atoms with E-state index in [1.165, 1.54) is 6.33 Å². The predicted octanol–water partition coefficient (Wildman–Crippen LogP) is 3.05. The highest BCUT2D eigenvalue weighted by atomic mass is 16.5. The van der Waals surface area contributed by atoms with Gasteiger partial charge in [-0.3, -0.25) is 5.10 Å². The normalized spacial score (nSPS) is 17.0. The molecule has 1 atom stereocenters. The molecule has 1 aromatic carbocycles. The first-order valence-corrected chi connectivity index (χ1v) is 8.24. The topological polar surface area (TPSA) is 112 Å². The average molecular weight is 350 g/mol.